The Labute approximate surface area is 197 Å². The lowest BCUT2D eigenvalue weighted by Crippen LogP contribution is -2.49. The summed E-state index contributed by atoms with van der Waals surface area (Å²) in [7, 11) is -1.05. The number of nitrogens with zero attached hydrogens (tertiary/aromatic N) is 3. The van der Waals surface area contributed by atoms with Crippen molar-refractivity contribution < 1.29 is 9.32 Å². The van der Waals surface area contributed by atoms with Gasteiger partial charge in [-0.2, -0.15) is 4.98 Å². The molecule has 1 atom stereocenters. The highest BCUT2D eigenvalue weighted by Gasteiger charge is 2.56. The third-order valence-corrected chi connectivity index (χ3v) is 11.1. The maximum absolute atomic E-state index is 13.3. The fourth-order valence-corrected chi connectivity index (χ4v) is 7.95. The van der Waals surface area contributed by atoms with Crippen LogP contribution in [-0.2, 0) is 30.1 Å². The molecule has 2 aromatic rings. The number of piperidine rings is 1. The molecule has 7 heteroatoms. The molecular formula is C26H32N4O2S. The van der Waals surface area contributed by atoms with E-state index in [1.165, 1.54) is 24.0 Å². The number of hydrogen-bond donors (Lipinski definition) is 2. The Bertz CT molecular complexity index is 1140. The van der Waals surface area contributed by atoms with Crippen LogP contribution in [0.4, 0.5) is 11.8 Å². The van der Waals surface area contributed by atoms with Gasteiger partial charge in [-0.3, -0.25) is 4.21 Å². The lowest BCUT2D eigenvalue weighted by molar-refractivity contribution is 0.143. The number of benzene rings is 1. The number of rotatable bonds is 5. The van der Waals surface area contributed by atoms with E-state index in [-0.39, 0.29) is 16.9 Å². The van der Waals surface area contributed by atoms with Crippen LogP contribution in [0.1, 0.15) is 73.2 Å². The van der Waals surface area contributed by atoms with Crippen LogP contribution in [-0.4, -0.2) is 49.3 Å². The van der Waals surface area contributed by atoms with Gasteiger partial charge >= 0.3 is 0 Å². The minimum absolute atomic E-state index is 0.0884. The van der Waals surface area contributed by atoms with Crippen LogP contribution in [0, 0.1) is 0 Å². The zero-order valence-electron chi connectivity index (χ0n) is 19.1. The molecule has 2 N–H and O–H groups in total. The van der Waals surface area contributed by atoms with E-state index in [1.54, 1.807) is 5.56 Å². The first-order chi connectivity index (χ1) is 16.1. The van der Waals surface area contributed by atoms with E-state index in [0.29, 0.717) is 5.92 Å². The Morgan fingerprint density at radius 3 is 2.48 bits per heavy atom. The van der Waals surface area contributed by atoms with Gasteiger partial charge in [0.05, 0.1) is 33.4 Å². The van der Waals surface area contributed by atoms with Crippen molar-refractivity contribution in [2.45, 2.75) is 85.3 Å². The second-order valence-corrected chi connectivity index (χ2v) is 12.8. The quantitative estimate of drug-likeness (QED) is 0.705. The van der Waals surface area contributed by atoms with Gasteiger partial charge in [-0.15, -0.1) is 0 Å². The Morgan fingerprint density at radius 2 is 1.88 bits per heavy atom. The molecule has 0 unspecified atom stereocenters. The van der Waals surface area contributed by atoms with E-state index in [1.807, 2.05) is 0 Å². The summed E-state index contributed by atoms with van der Waals surface area (Å²) >= 11 is 0. The largest absolute Gasteiger partial charge is 0.394 e. The topological polar surface area (TPSA) is 78.4 Å². The number of aliphatic hydroxyl groups excluding tert-OH is 1. The Balaban J connectivity index is 1.15. The lowest BCUT2D eigenvalue weighted by atomic mass is 9.77. The van der Waals surface area contributed by atoms with E-state index >= 15 is 0 Å². The Morgan fingerprint density at radius 1 is 1.09 bits per heavy atom. The number of aromatic nitrogens is 2. The van der Waals surface area contributed by atoms with Crippen molar-refractivity contribution in [3.8, 4) is 0 Å². The molecule has 0 radical (unpaired) electrons. The number of fused-ring (bicyclic) bond motifs is 2. The minimum atomic E-state index is -1.05. The second kappa shape index (κ2) is 7.25. The molecular weight excluding hydrogens is 432 g/mol. The number of nitrogens with one attached hydrogen (secondary N) is 1. The van der Waals surface area contributed by atoms with Gasteiger partial charge in [0.15, 0.2) is 0 Å². The van der Waals surface area contributed by atoms with Crippen LogP contribution < -0.4 is 10.2 Å². The molecule has 6 nitrogen and oxygen atoms in total. The van der Waals surface area contributed by atoms with E-state index in [4.69, 9.17) is 9.97 Å². The standard InChI is InChI=1S/C26H32N4O2S/c31-16-25(8-1-9-25)29-23-22-21(15-26(10-11-26)33(22)32)27-24(28-23)30-12-6-18(7-13-30)20-5-3-17-2-4-19(17)14-20/h3,5,14,18,31H,1-2,4,6-13,15-16H2,(H,27,28,29)/t33-/m0/s1. The molecule has 2 saturated carbocycles. The van der Waals surface area contributed by atoms with E-state index in [2.05, 4.69) is 28.4 Å². The van der Waals surface area contributed by atoms with Crippen LogP contribution in [0.5, 0.6) is 0 Å². The summed E-state index contributed by atoms with van der Waals surface area (Å²) in [5.41, 5.74) is 5.22. The number of hydrogen-bond acceptors (Lipinski definition) is 6. The number of anilines is 2. The highest BCUT2D eigenvalue weighted by Crippen LogP contribution is 2.54. The van der Waals surface area contributed by atoms with Crippen molar-refractivity contribution in [1.82, 2.24) is 9.97 Å². The average Bonchev–Trinajstić information content (AvgIpc) is 3.51. The van der Waals surface area contributed by atoms with Gasteiger partial charge in [-0.1, -0.05) is 18.2 Å². The van der Waals surface area contributed by atoms with Gasteiger partial charge in [-0.25, -0.2) is 4.98 Å². The molecule has 3 fully saturated rings. The van der Waals surface area contributed by atoms with Gasteiger partial charge in [0.2, 0.25) is 5.95 Å². The first-order valence-corrected chi connectivity index (χ1v) is 13.8. The maximum Gasteiger partial charge on any atom is 0.227 e. The molecule has 1 saturated heterocycles. The highest BCUT2D eigenvalue weighted by molar-refractivity contribution is 7.87. The normalized spacial score (nSPS) is 26.3. The third kappa shape index (κ3) is 3.18. The summed E-state index contributed by atoms with van der Waals surface area (Å²) in [6.45, 7) is 1.98. The molecule has 2 aliphatic heterocycles. The molecule has 3 heterocycles. The van der Waals surface area contributed by atoms with Crippen LogP contribution >= 0.6 is 0 Å². The lowest BCUT2D eigenvalue weighted by Gasteiger charge is -2.42. The molecule has 5 aliphatic rings. The molecule has 1 spiro atoms. The van der Waals surface area contributed by atoms with Gasteiger partial charge < -0.3 is 15.3 Å². The fourth-order valence-electron chi connectivity index (χ4n) is 6.17. The summed E-state index contributed by atoms with van der Waals surface area (Å²) in [4.78, 5) is 13.1. The molecule has 1 aromatic carbocycles. The zero-order valence-corrected chi connectivity index (χ0v) is 19.9. The Kier molecular flexibility index (Phi) is 4.48. The van der Waals surface area contributed by atoms with Crippen molar-refractivity contribution in [2.24, 2.45) is 0 Å². The average molecular weight is 465 g/mol. The smallest absolute Gasteiger partial charge is 0.227 e. The van der Waals surface area contributed by atoms with Crippen LogP contribution in [0.3, 0.4) is 0 Å². The molecule has 3 aliphatic carbocycles. The van der Waals surface area contributed by atoms with Crippen molar-refractivity contribution in [2.75, 3.05) is 29.9 Å². The molecule has 7 rings (SSSR count). The molecule has 0 bridgehead atoms. The summed E-state index contributed by atoms with van der Waals surface area (Å²) in [6.07, 6.45) is 10.5. The van der Waals surface area contributed by atoms with Gasteiger partial charge in [-0.05, 0) is 80.4 Å². The Hall–Kier alpha value is -1.99. The van der Waals surface area contributed by atoms with E-state index in [0.717, 1.165) is 86.8 Å². The van der Waals surface area contributed by atoms with Gasteiger partial charge in [0.1, 0.15) is 10.7 Å². The molecule has 1 aromatic heterocycles. The SMILES string of the molecule is O=[S@]1c2c(nc(N3CCC(c4ccc5c(c4)CC5)CC3)nc2NC2(CO)CCC2)CC12CC2. The minimum Gasteiger partial charge on any atom is -0.394 e. The summed E-state index contributed by atoms with van der Waals surface area (Å²) in [5, 5.41) is 13.6. The van der Waals surface area contributed by atoms with Gasteiger partial charge in [0, 0.05) is 19.5 Å². The number of aryl methyl sites for hydroxylation is 2. The maximum atomic E-state index is 13.3. The fraction of sp³-hybridized carbons (Fsp3) is 0.615. The van der Waals surface area contributed by atoms with Crippen LogP contribution in [0.25, 0.3) is 0 Å². The first-order valence-electron chi connectivity index (χ1n) is 12.7. The van der Waals surface area contributed by atoms with Crippen LogP contribution in [0.2, 0.25) is 0 Å². The van der Waals surface area contributed by atoms with Crippen LogP contribution in [0.15, 0.2) is 23.1 Å². The molecule has 0 amide bonds. The third-order valence-electron chi connectivity index (χ3n) is 8.94. The molecule has 174 valence electrons. The zero-order chi connectivity index (χ0) is 22.2. The van der Waals surface area contributed by atoms with Gasteiger partial charge in [0.25, 0.3) is 0 Å². The summed E-state index contributed by atoms with van der Waals surface area (Å²) in [5.74, 6) is 2.10. The molecule has 33 heavy (non-hydrogen) atoms. The number of aliphatic hydroxyl groups is 1. The first kappa shape index (κ1) is 20.4. The highest BCUT2D eigenvalue weighted by atomic mass is 32.2. The predicted octanol–water partition coefficient (Wildman–Crippen LogP) is 3.48. The van der Waals surface area contributed by atoms with E-state index < -0.39 is 10.8 Å². The van der Waals surface area contributed by atoms with Crippen molar-refractivity contribution in [3.05, 3.63) is 40.6 Å². The van der Waals surface area contributed by atoms with E-state index in [9.17, 15) is 9.32 Å². The van der Waals surface area contributed by atoms with Crippen molar-refractivity contribution in [1.29, 1.82) is 0 Å². The predicted molar refractivity (Wildman–Crippen MR) is 129 cm³/mol. The van der Waals surface area contributed by atoms with Crippen molar-refractivity contribution >= 4 is 22.6 Å². The monoisotopic (exact) mass is 464 g/mol. The van der Waals surface area contributed by atoms with Crippen molar-refractivity contribution in [3.63, 3.8) is 0 Å². The summed E-state index contributed by atoms with van der Waals surface area (Å²) < 4.78 is 13.2. The second-order valence-electron chi connectivity index (χ2n) is 11.0. The summed E-state index contributed by atoms with van der Waals surface area (Å²) in [6, 6.07) is 7.10.